The maximum Gasteiger partial charge on any atom is 0.160 e. The van der Waals surface area contributed by atoms with Crippen molar-refractivity contribution >= 4 is 10.8 Å². The number of hydrogen-bond donors (Lipinski definition) is 0. The molecule has 1 aliphatic heterocycles. The van der Waals surface area contributed by atoms with Crippen LogP contribution in [0.5, 0.6) is 11.5 Å². The zero-order valence-corrected chi connectivity index (χ0v) is 32.6. The molecule has 1 aliphatic carbocycles. The molecular formula is C57H36N2O. The molecule has 9 aromatic carbocycles. The minimum absolute atomic E-state index is 0.558. The monoisotopic (exact) mass is 764 g/mol. The van der Waals surface area contributed by atoms with Crippen molar-refractivity contribution in [3.05, 3.63) is 241 Å². The highest BCUT2D eigenvalue weighted by Gasteiger charge is 2.51. The SMILES string of the molecule is c1ccc(-c2nc(-c3ccccc3-c3cccc4c3Oc3ccccc3C43c4ccccc4-c4ccccc43)cc(-c3ccc(-c4ccccc4)c4ccccc34)n2)cc1. The van der Waals surface area contributed by atoms with E-state index in [2.05, 4.69) is 200 Å². The van der Waals surface area contributed by atoms with Gasteiger partial charge in [-0.2, -0.15) is 0 Å². The average molecular weight is 765 g/mol. The molecular weight excluding hydrogens is 729 g/mol. The van der Waals surface area contributed by atoms with Gasteiger partial charge in [-0.25, -0.2) is 9.97 Å². The molecule has 2 aliphatic rings. The fraction of sp³-hybridized carbons (Fsp3) is 0.0175. The summed E-state index contributed by atoms with van der Waals surface area (Å²) in [4.78, 5) is 10.7. The number of aromatic nitrogens is 2. The summed E-state index contributed by atoms with van der Waals surface area (Å²) in [5.41, 5.74) is 15.9. The minimum Gasteiger partial charge on any atom is -0.456 e. The van der Waals surface area contributed by atoms with E-state index in [1.165, 1.54) is 38.8 Å². The van der Waals surface area contributed by atoms with Crippen molar-refractivity contribution in [2.45, 2.75) is 5.41 Å². The third-order valence-corrected chi connectivity index (χ3v) is 12.4. The normalized spacial score (nSPS) is 12.9. The molecule has 280 valence electrons. The lowest BCUT2D eigenvalue weighted by atomic mass is 9.65. The summed E-state index contributed by atoms with van der Waals surface area (Å²) >= 11 is 0. The molecule has 10 aromatic rings. The predicted molar refractivity (Wildman–Crippen MR) is 244 cm³/mol. The van der Waals surface area contributed by atoms with Crippen molar-refractivity contribution < 1.29 is 4.74 Å². The predicted octanol–water partition coefficient (Wildman–Crippen LogP) is 14.4. The number of hydrogen-bond acceptors (Lipinski definition) is 3. The zero-order chi connectivity index (χ0) is 39.6. The molecule has 0 bridgehead atoms. The molecule has 3 heteroatoms. The van der Waals surface area contributed by atoms with Gasteiger partial charge in [-0.15, -0.1) is 0 Å². The summed E-state index contributed by atoms with van der Waals surface area (Å²) in [5.74, 6) is 2.39. The molecule has 0 unspecified atom stereocenters. The largest absolute Gasteiger partial charge is 0.456 e. The fourth-order valence-corrected chi connectivity index (χ4v) is 9.86. The van der Waals surface area contributed by atoms with Gasteiger partial charge in [0.05, 0.1) is 16.8 Å². The van der Waals surface area contributed by atoms with Gasteiger partial charge in [0.2, 0.25) is 0 Å². The average Bonchev–Trinajstić information content (AvgIpc) is 3.62. The Morgan fingerprint density at radius 1 is 0.317 bits per heavy atom. The molecule has 0 fully saturated rings. The van der Waals surface area contributed by atoms with Gasteiger partial charge in [0.15, 0.2) is 5.82 Å². The Balaban J connectivity index is 1.09. The van der Waals surface area contributed by atoms with Gasteiger partial charge in [0, 0.05) is 33.4 Å². The van der Waals surface area contributed by atoms with Crippen LogP contribution in [0, 0.1) is 0 Å². The lowest BCUT2D eigenvalue weighted by Gasteiger charge is -2.40. The zero-order valence-electron chi connectivity index (χ0n) is 32.6. The van der Waals surface area contributed by atoms with E-state index in [9.17, 15) is 0 Å². The number of rotatable bonds is 5. The molecule has 0 atom stereocenters. The number of fused-ring (bicyclic) bond motifs is 10. The fourth-order valence-electron chi connectivity index (χ4n) is 9.86. The summed E-state index contributed by atoms with van der Waals surface area (Å²) in [7, 11) is 0. The van der Waals surface area contributed by atoms with Gasteiger partial charge in [-0.05, 0) is 61.8 Å². The van der Waals surface area contributed by atoms with Gasteiger partial charge < -0.3 is 4.74 Å². The molecule has 0 radical (unpaired) electrons. The first-order valence-corrected chi connectivity index (χ1v) is 20.5. The van der Waals surface area contributed by atoms with Crippen molar-refractivity contribution in [3.63, 3.8) is 0 Å². The van der Waals surface area contributed by atoms with Gasteiger partial charge in [0.25, 0.3) is 0 Å². The molecule has 0 saturated heterocycles. The number of ether oxygens (including phenoxy) is 1. The van der Waals surface area contributed by atoms with Crippen molar-refractivity contribution in [1.29, 1.82) is 0 Å². The summed E-state index contributed by atoms with van der Waals surface area (Å²) in [6.07, 6.45) is 0. The Hall–Kier alpha value is -7.88. The van der Waals surface area contributed by atoms with Crippen LogP contribution in [0.15, 0.2) is 218 Å². The highest BCUT2D eigenvalue weighted by atomic mass is 16.5. The molecule has 60 heavy (non-hydrogen) atoms. The van der Waals surface area contributed by atoms with Crippen molar-refractivity contribution in [3.8, 4) is 78.8 Å². The van der Waals surface area contributed by atoms with E-state index in [1.807, 2.05) is 18.2 Å². The first-order chi connectivity index (χ1) is 29.8. The Labute approximate surface area is 348 Å². The summed E-state index contributed by atoms with van der Waals surface area (Å²) < 4.78 is 7.12. The first kappa shape index (κ1) is 34.2. The molecule has 2 heterocycles. The molecule has 12 rings (SSSR count). The van der Waals surface area contributed by atoms with Gasteiger partial charge >= 0.3 is 0 Å². The van der Waals surface area contributed by atoms with Gasteiger partial charge in [-0.3, -0.25) is 0 Å². The third-order valence-electron chi connectivity index (χ3n) is 12.4. The quantitative estimate of drug-likeness (QED) is 0.175. The molecule has 0 saturated carbocycles. The highest BCUT2D eigenvalue weighted by molar-refractivity contribution is 6.05. The second-order valence-corrected chi connectivity index (χ2v) is 15.6. The summed E-state index contributed by atoms with van der Waals surface area (Å²) in [6.45, 7) is 0. The Kier molecular flexibility index (Phi) is 7.76. The topological polar surface area (TPSA) is 35.0 Å². The minimum atomic E-state index is -0.558. The maximum atomic E-state index is 7.12. The maximum absolute atomic E-state index is 7.12. The van der Waals surface area contributed by atoms with Crippen LogP contribution in [0.25, 0.3) is 78.1 Å². The van der Waals surface area contributed by atoms with Gasteiger partial charge in [-0.1, -0.05) is 206 Å². The van der Waals surface area contributed by atoms with Crippen LogP contribution in [0.2, 0.25) is 0 Å². The van der Waals surface area contributed by atoms with Crippen LogP contribution in [-0.4, -0.2) is 9.97 Å². The number of para-hydroxylation sites is 2. The molecule has 0 amide bonds. The van der Waals surface area contributed by atoms with E-state index in [1.54, 1.807) is 0 Å². The van der Waals surface area contributed by atoms with E-state index >= 15 is 0 Å². The Morgan fingerprint density at radius 2 is 0.800 bits per heavy atom. The molecule has 1 spiro atoms. The summed E-state index contributed by atoms with van der Waals surface area (Å²) in [6, 6.07) is 77.7. The lowest BCUT2D eigenvalue weighted by Crippen LogP contribution is -2.32. The van der Waals surface area contributed by atoms with Crippen LogP contribution in [0.4, 0.5) is 0 Å². The van der Waals surface area contributed by atoms with Crippen LogP contribution in [0.3, 0.4) is 0 Å². The number of benzene rings is 9. The Bertz CT molecular complexity index is 3250. The van der Waals surface area contributed by atoms with Crippen LogP contribution < -0.4 is 4.74 Å². The van der Waals surface area contributed by atoms with Crippen LogP contribution in [-0.2, 0) is 5.41 Å². The third kappa shape index (κ3) is 5.09. The first-order valence-electron chi connectivity index (χ1n) is 20.5. The van der Waals surface area contributed by atoms with Crippen LogP contribution in [0.1, 0.15) is 22.3 Å². The van der Waals surface area contributed by atoms with E-state index in [4.69, 9.17) is 14.7 Å². The highest BCUT2D eigenvalue weighted by Crippen LogP contribution is 2.63. The van der Waals surface area contributed by atoms with Crippen molar-refractivity contribution in [2.75, 3.05) is 0 Å². The van der Waals surface area contributed by atoms with E-state index in [0.29, 0.717) is 5.82 Å². The van der Waals surface area contributed by atoms with Crippen LogP contribution >= 0.6 is 0 Å². The van der Waals surface area contributed by atoms with Gasteiger partial charge in [0.1, 0.15) is 11.5 Å². The molecule has 3 nitrogen and oxygen atoms in total. The summed E-state index contributed by atoms with van der Waals surface area (Å²) in [5, 5.41) is 2.32. The number of nitrogens with zero attached hydrogens (tertiary/aromatic N) is 2. The Morgan fingerprint density at radius 3 is 1.50 bits per heavy atom. The van der Waals surface area contributed by atoms with E-state index < -0.39 is 5.41 Å². The second-order valence-electron chi connectivity index (χ2n) is 15.6. The van der Waals surface area contributed by atoms with Crippen molar-refractivity contribution in [2.24, 2.45) is 0 Å². The second kappa shape index (κ2) is 13.6. The van der Waals surface area contributed by atoms with Crippen molar-refractivity contribution in [1.82, 2.24) is 9.97 Å². The molecule has 1 aromatic heterocycles. The standard InChI is InChI=1S/C57H36N2O/c1-3-18-37(19-4-1)39-34-35-46(41-23-8-7-22-40(39)41)53-36-52(58-56(59-53)38-20-5-2-6-21-38)45-27-10-9-24-42(45)47-28-17-32-51-55(47)60-54-33-16-15-31-50(54)57(51)48-29-13-11-25-43(48)44-26-12-14-30-49(44)57/h1-36H. The lowest BCUT2D eigenvalue weighted by molar-refractivity contribution is 0.438. The van der Waals surface area contributed by atoms with E-state index in [-0.39, 0.29) is 0 Å². The smallest absolute Gasteiger partial charge is 0.160 e. The van der Waals surface area contributed by atoms with E-state index in [0.717, 1.165) is 67.2 Å². The molecule has 0 N–H and O–H groups in total.